The van der Waals surface area contributed by atoms with Gasteiger partial charge in [0.25, 0.3) is 5.91 Å². The van der Waals surface area contributed by atoms with Crippen LogP contribution >= 0.6 is 11.3 Å². The fraction of sp³-hybridized carbons (Fsp3) is 0.150. The third-order valence-electron chi connectivity index (χ3n) is 4.13. The van der Waals surface area contributed by atoms with Crippen LogP contribution in [0.3, 0.4) is 0 Å². The zero-order chi connectivity index (χ0) is 21.1. The number of allylic oxidation sites excluding steroid dienone is 1. The van der Waals surface area contributed by atoms with E-state index in [2.05, 4.69) is 15.3 Å². The molecule has 0 atom stereocenters. The van der Waals surface area contributed by atoms with E-state index in [-0.39, 0.29) is 23.1 Å². The second-order valence-electron chi connectivity index (χ2n) is 6.18. The van der Waals surface area contributed by atoms with Gasteiger partial charge in [-0.1, -0.05) is 6.07 Å². The average molecular weight is 433 g/mol. The molecule has 0 radical (unpaired) electrons. The summed E-state index contributed by atoms with van der Waals surface area (Å²) in [5, 5.41) is 4.24. The monoisotopic (exact) mass is 433 g/mol. The van der Waals surface area contributed by atoms with Gasteiger partial charge in [-0.15, -0.1) is 11.3 Å². The lowest BCUT2D eigenvalue weighted by atomic mass is 10.0. The summed E-state index contributed by atoms with van der Waals surface area (Å²) in [6.45, 7) is 0.566. The summed E-state index contributed by atoms with van der Waals surface area (Å²) >= 11 is 1.10. The Hall–Kier alpha value is -3.40. The number of ether oxygens (including phenoxy) is 2. The first-order valence-electron chi connectivity index (χ1n) is 8.76. The van der Waals surface area contributed by atoms with Gasteiger partial charge < -0.3 is 9.47 Å². The Morgan fingerprint density at radius 2 is 1.97 bits per heavy atom. The highest BCUT2D eigenvalue weighted by Gasteiger charge is 2.36. The maximum absolute atomic E-state index is 13.6. The zero-order valence-corrected chi connectivity index (χ0v) is 16.1. The Morgan fingerprint density at radius 3 is 2.70 bits per heavy atom. The van der Waals surface area contributed by atoms with Crippen molar-refractivity contribution in [3.8, 4) is 22.8 Å². The summed E-state index contributed by atoms with van der Waals surface area (Å²) in [4.78, 5) is 20.5. The molecule has 0 aliphatic carbocycles. The molecule has 0 bridgehead atoms. The van der Waals surface area contributed by atoms with Crippen molar-refractivity contribution in [2.24, 2.45) is 0 Å². The molecule has 2 aromatic heterocycles. The van der Waals surface area contributed by atoms with Gasteiger partial charge in [0.1, 0.15) is 13.2 Å². The maximum atomic E-state index is 13.6. The molecule has 1 aromatic carbocycles. The number of carbonyl (C=O) groups is 1. The number of aromatic nitrogens is 2. The number of fused-ring (bicyclic) bond motifs is 1. The number of rotatable bonds is 4. The van der Waals surface area contributed by atoms with E-state index in [0.717, 1.165) is 16.9 Å². The molecule has 3 aromatic rings. The van der Waals surface area contributed by atoms with Crippen molar-refractivity contribution in [3.05, 3.63) is 59.7 Å². The number of anilines is 1. The summed E-state index contributed by atoms with van der Waals surface area (Å²) < 4.78 is 51.5. The fourth-order valence-electron chi connectivity index (χ4n) is 2.79. The first-order chi connectivity index (χ1) is 14.4. The summed E-state index contributed by atoms with van der Waals surface area (Å²) in [7, 11) is 0. The van der Waals surface area contributed by atoms with Crippen LogP contribution in [0.1, 0.15) is 5.56 Å². The molecule has 0 fully saturated rings. The molecule has 154 valence electrons. The van der Waals surface area contributed by atoms with E-state index in [0.29, 0.717) is 24.1 Å². The van der Waals surface area contributed by atoms with Gasteiger partial charge in [0, 0.05) is 29.4 Å². The number of pyridine rings is 1. The number of carbonyl (C=O) groups excluding carboxylic acids is 1. The smallest absolute Gasteiger partial charge is 0.417 e. The van der Waals surface area contributed by atoms with E-state index in [1.165, 1.54) is 18.2 Å². The lowest BCUT2D eigenvalue weighted by molar-refractivity contribution is -0.112. The number of nitrogens with zero attached hydrogens (tertiary/aromatic N) is 2. The van der Waals surface area contributed by atoms with Crippen molar-refractivity contribution in [2.75, 3.05) is 18.5 Å². The van der Waals surface area contributed by atoms with Crippen molar-refractivity contribution in [3.63, 3.8) is 0 Å². The van der Waals surface area contributed by atoms with Crippen molar-refractivity contribution in [2.45, 2.75) is 6.18 Å². The number of thiazole rings is 1. The topological polar surface area (TPSA) is 73.3 Å². The summed E-state index contributed by atoms with van der Waals surface area (Å²) in [5.41, 5.74) is 0.00501. The lowest BCUT2D eigenvalue weighted by Crippen LogP contribution is -2.18. The van der Waals surface area contributed by atoms with Gasteiger partial charge in [0.05, 0.1) is 11.3 Å². The Kier molecular flexibility index (Phi) is 5.40. The van der Waals surface area contributed by atoms with E-state index in [1.807, 2.05) is 0 Å². The second kappa shape index (κ2) is 8.15. The van der Waals surface area contributed by atoms with Crippen molar-refractivity contribution in [1.82, 2.24) is 9.97 Å². The molecule has 1 N–H and O–H groups in total. The van der Waals surface area contributed by atoms with Gasteiger partial charge in [0.15, 0.2) is 16.6 Å². The van der Waals surface area contributed by atoms with E-state index in [9.17, 15) is 18.0 Å². The quantitative estimate of drug-likeness (QED) is 0.611. The summed E-state index contributed by atoms with van der Waals surface area (Å²) in [6.07, 6.45) is -1.02. The Bertz CT molecular complexity index is 1100. The van der Waals surface area contributed by atoms with Gasteiger partial charge in [-0.3, -0.25) is 15.1 Å². The number of nitrogens with one attached hydrogen (secondary N) is 1. The van der Waals surface area contributed by atoms with Crippen LogP contribution in [0.25, 0.3) is 16.8 Å². The van der Waals surface area contributed by atoms with Crippen molar-refractivity contribution < 1.29 is 27.4 Å². The summed E-state index contributed by atoms with van der Waals surface area (Å²) in [6, 6.07) is 7.37. The van der Waals surface area contributed by atoms with Crippen LogP contribution < -0.4 is 14.8 Å². The third-order valence-corrected chi connectivity index (χ3v) is 4.88. The number of alkyl halides is 3. The second-order valence-corrected chi connectivity index (χ2v) is 7.04. The van der Waals surface area contributed by atoms with E-state index in [1.54, 1.807) is 29.9 Å². The minimum Gasteiger partial charge on any atom is -0.486 e. The molecule has 1 amide bonds. The molecule has 3 heterocycles. The van der Waals surface area contributed by atoms with Crippen molar-refractivity contribution >= 4 is 27.9 Å². The Morgan fingerprint density at radius 1 is 1.17 bits per heavy atom. The SMILES string of the molecule is O=C(/C=C(/c1ccc2c(c1)OCCO2)C(F)(F)F)Nc1nc(-c2cccnc2)cs1. The first kappa shape index (κ1) is 19.9. The van der Waals surface area contributed by atoms with Crippen LogP contribution in [-0.2, 0) is 4.79 Å². The zero-order valence-electron chi connectivity index (χ0n) is 15.3. The molecule has 0 unspecified atom stereocenters. The normalized spacial score (nSPS) is 13.8. The average Bonchev–Trinajstić information content (AvgIpc) is 3.20. The molecule has 30 heavy (non-hydrogen) atoms. The molecule has 10 heteroatoms. The minimum atomic E-state index is -4.75. The molecule has 0 saturated carbocycles. The third kappa shape index (κ3) is 4.43. The Labute approximate surface area is 173 Å². The minimum absolute atomic E-state index is 0.179. The number of benzene rings is 1. The highest BCUT2D eigenvalue weighted by Crippen LogP contribution is 2.39. The van der Waals surface area contributed by atoms with Gasteiger partial charge >= 0.3 is 6.18 Å². The summed E-state index contributed by atoms with van der Waals surface area (Å²) in [5.74, 6) is -0.374. The molecule has 1 aliphatic heterocycles. The Balaban J connectivity index is 1.57. The number of hydrogen-bond acceptors (Lipinski definition) is 6. The molecular weight excluding hydrogens is 419 g/mol. The van der Waals surface area contributed by atoms with Crippen LogP contribution in [0, 0.1) is 0 Å². The van der Waals surface area contributed by atoms with Crippen LogP contribution in [0.2, 0.25) is 0 Å². The van der Waals surface area contributed by atoms with Crippen LogP contribution in [0.15, 0.2) is 54.2 Å². The maximum Gasteiger partial charge on any atom is 0.417 e. The van der Waals surface area contributed by atoms with Crippen LogP contribution in [0.4, 0.5) is 18.3 Å². The lowest BCUT2D eigenvalue weighted by Gasteiger charge is -2.20. The highest BCUT2D eigenvalue weighted by molar-refractivity contribution is 7.14. The number of amides is 1. The van der Waals surface area contributed by atoms with Crippen LogP contribution in [-0.4, -0.2) is 35.3 Å². The van der Waals surface area contributed by atoms with E-state index < -0.39 is 17.7 Å². The van der Waals surface area contributed by atoms with Gasteiger partial charge in [0.2, 0.25) is 0 Å². The van der Waals surface area contributed by atoms with Crippen LogP contribution in [0.5, 0.6) is 11.5 Å². The van der Waals surface area contributed by atoms with Crippen molar-refractivity contribution in [1.29, 1.82) is 0 Å². The molecule has 0 spiro atoms. The van der Waals surface area contributed by atoms with E-state index >= 15 is 0 Å². The highest BCUT2D eigenvalue weighted by atomic mass is 32.1. The molecule has 4 rings (SSSR count). The number of hydrogen-bond donors (Lipinski definition) is 1. The number of halogens is 3. The standard InChI is InChI=1S/C20H14F3N3O3S/c21-20(22,23)14(12-3-4-16-17(8-12)29-7-6-28-16)9-18(27)26-19-25-15(11-30-19)13-2-1-5-24-10-13/h1-5,8-11H,6-7H2,(H,25,26,27)/b14-9-. The molecule has 6 nitrogen and oxygen atoms in total. The molecule has 1 aliphatic rings. The predicted molar refractivity (Wildman–Crippen MR) is 105 cm³/mol. The van der Waals surface area contributed by atoms with Gasteiger partial charge in [-0.2, -0.15) is 13.2 Å². The van der Waals surface area contributed by atoms with E-state index in [4.69, 9.17) is 9.47 Å². The predicted octanol–water partition coefficient (Wildman–Crippen LogP) is 4.56. The molecular formula is C20H14F3N3O3S. The largest absolute Gasteiger partial charge is 0.486 e. The fourth-order valence-corrected chi connectivity index (χ4v) is 3.51. The first-order valence-corrected chi connectivity index (χ1v) is 9.64. The molecule has 0 saturated heterocycles. The van der Waals surface area contributed by atoms with Gasteiger partial charge in [-0.05, 0) is 29.8 Å². The van der Waals surface area contributed by atoms with Gasteiger partial charge in [-0.25, -0.2) is 4.98 Å².